The Morgan fingerprint density at radius 1 is 0.926 bits per heavy atom. The first-order chi connectivity index (χ1) is 13.1. The Morgan fingerprint density at radius 2 is 1.67 bits per heavy atom. The Hall–Kier alpha value is -1.92. The van der Waals surface area contributed by atoms with E-state index in [1.54, 1.807) is 6.07 Å². The molecule has 27 heavy (non-hydrogen) atoms. The number of hydrogen-bond acceptors (Lipinski definition) is 3. The molecule has 0 amide bonds. The second kappa shape index (κ2) is 7.98. The molecule has 4 rings (SSSR count). The van der Waals surface area contributed by atoms with Gasteiger partial charge in [-0.25, -0.2) is 0 Å². The lowest BCUT2D eigenvalue weighted by atomic mass is 10.2. The molecular weight excluding hydrogens is 465 g/mol. The molecule has 4 aromatic rings. The van der Waals surface area contributed by atoms with Crippen molar-refractivity contribution < 1.29 is 4.68 Å². The molecule has 0 radical (unpaired) electrons. The maximum absolute atomic E-state index is 6.47. The minimum Gasteiger partial charge on any atom is -0.327 e. The lowest BCUT2D eigenvalue weighted by molar-refractivity contribution is -0.642. The van der Waals surface area contributed by atoms with Gasteiger partial charge in [-0.2, -0.15) is 0 Å². The number of anilines is 2. The summed E-state index contributed by atoms with van der Waals surface area (Å²) in [5, 5.41) is 11.0. The van der Waals surface area contributed by atoms with Crippen LogP contribution in [0.2, 0.25) is 10.0 Å². The van der Waals surface area contributed by atoms with Crippen molar-refractivity contribution in [3.05, 3.63) is 87.3 Å². The Kier molecular flexibility index (Phi) is 5.45. The second-order valence-corrected chi connectivity index (χ2v) is 8.45. The third-order valence-corrected chi connectivity index (χ3v) is 5.87. The van der Waals surface area contributed by atoms with Gasteiger partial charge in [0.25, 0.3) is 5.13 Å². The van der Waals surface area contributed by atoms with Gasteiger partial charge in [-0.1, -0.05) is 57.3 Å². The molecule has 0 aliphatic rings. The molecule has 0 unspecified atom stereocenters. The van der Waals surface area contributed by atoms with Gasteiger partial charge in [-0.3, -0.25) is 0 Å². The van der Waals surface area contributed by atoms with Crippen molar-refractivity contribution in [1.29, 1.82) is 0 Å². The highest BCUT2D eigenvalue weighted by molar-refractivity contribution is 9.10. The highest BCUT2D eigenvalue weighted by Crippen LogP contribution is 2.34. The van der Waals surface area contributed by atoms with Crippen LogP contribution in [0.1, 0.15) is 0 Å². The highest BCUT2D eigenvalue weighted by atomic mass is 79.9. The first kappa shape index (κ1) is 18.4. The van der Waals surface area contributed by atoms with Crippen molar-refractivity contribution in [2.24, 2.45) is 0 Å². The van der Waals surface area contributed by atoms with Crippen LogP contribution in [0.25, 0.3) is 16.3 Å². The normalized spacial score (nSPS) is 10.8. The zero-order valence-electron chi connectivity index (χ0n) is 13.9. The minimum absolute atomic E-state index is 0.589. The molecule has 0 aliphatic heterocycles. The molecule has 1 N–H and O–H groups in total. The topological polar surface area (TPSA) is 28.8 Å². The number of halogens is 3. The second-order valence-electron chi connectivity index (χ2n) is 5.72. The van der Waals surface area contributed by atoms with E-state index in [-0.39, 0.29) is 0 Å². The number of para-hydroxylation sites is 1. The lowest BCUT2D eigenvalue weighted by Gasteiger charge is -1.99. The van der Waals surface area contributed by atoms with Crippen LogP contribution >= 0.6 is 50.5 Å². The average molecular weight is 478 g/mol. The van der Waals surface area contributed by atoms with Crippen molar-refractivity contribution in [2.75, 3.05) is 5.32 Å². The lowest BCUT2D eigenvalue weighted by Crippen LogP contribution is -2.34. The maximum Gasteiger partial charge on any atom is 0.306 e. The van der Waals surface area contributed by atoms with E-state index >= 15 is 0 Å². The van der Waals surface area contributed by atoms with Crippen molar-refractivity contribution in [3.63, 3.8) is 0 Å². The van der Waals surface area contributed by atoms with E-state index in [0.29, 0.717) is 10.0 Å². The Balaban J connectivity index is 1.81. The van der Waals surface area contributed by atoms with Gasteiger partial charge < -0.3 is 5.32 Å². The van der Waals surface area contributed by atoms with Crippen LogP contribution in [0.3, 0.4) is 0 Å². The number of benzene rings is 3. The van der Waals surface area contributed by atoms with E-state index in [1.165, 1.54) is 11.3 Å². The van der Waals surface area contributed by atoms with Crippen LogP contribution in [0, 0.1) is 0 Å². The summed E-state index contributed by atoms with van der Waals surface area (Å²) in [5.41, 5.74) is 2.80. The molecule has 7 heteroatoms. The smallest absolute Gasteiger partial charge is 0.306 e. The third-order valence-electron chi connectivity index (χ3n) is 3.83. The van der Waals surface area contributed by atoms with Gasteiger partial charge in [0.15, 0.2) is 0 Å². The van der Waals surface area contributed by atoms with E-state index in [0.717, 1.165) is 31.6 Å². The zero-order chi connectivity index (χ0) is 18.8. The molecule has 1 heterocycles. The molecule has 3 nitrogen and oxygen atoms in total. The van der Waals surface area contributed by atoms with Gasteiger partial charge in [0, 0.05) is 32.4 Å². The van der Waals surface area contributed by atoms with Gasteiger partial charge in [0.1, 0.15) is 0 Å². The van der Waals surface area contributed by atoms with Crippen molar-refractivity contribution in [2.45, 2.75) is 0 Å². The third kappa shape index (κ3) is 4.17. The van der Waals surface area contributed by atoms with E-state index < -0.39 is 0 Å². The van der Waals surface area contributed by atoms with E-state index in [1.807, 2.05) is 71.4 Å². The number of nitrogens with zero attached hydrogens (tertiary/aromatic N) is 2. The summed E-state index contributed by atoms with van der Waals surface area (Å²) in [6.45, 7) is 0. The van der Waals surface area contributed by atoms with Gasteiger partial charge >= 0.3 is 5.01 Å². The van der Waals surface area contributed by atoms with Gasteiger partial charge in [-0.05, 0) is 58.5 Å². The molecule has 0 saturated carbocycles. The fourth-order valence-corrected chi connectivity index (χ4v) is 4.39. The molecule has 0 spiro atoms. The summed E-state index contributed by atoms with van der Waals surface area (Å²) in [7, 11) is 0. The van der Waals surface area contributed by atoms with Crippen LogP contribution in [0.15, 0.2) is 77.3 Å². The fourth-order valence-electron chi connectivity index (χ4n) is 2.57. The largest absolute Gasteiger partial charge is 0.327 e. The standard InChI is InChI=1S/C20H13BrCl2N3S/c21-13-6-9-15(10-7-13)24-20-25-26(16-4-2-1-3-5-16)19(27-20)17-11-8-14(22)12-18(17)23/h1-12H,(H,24,25)/q+1. The van der Waals surface area contributed by atoms with E-state index in [4.69, 9.17) is 28.3 Å². The number of rotatable bonds is 4. The van der Waals surface area contributed by atoms with E-state index in [9.17, 15) is 0 Å². The molecule has 0 bridgehead atoms. The Labute approximate surface area is 179 Å². The van der Waals surface area contributed by atoms with Crippen LogP contribution in [-0.2, 0) is 0 Å². The SMILES string of the molecule is Clc1ccc(-c2sc(Nc3ccc(Br)cc3)n[n+]2-c2ccccc2)c(Cl)c1. The van der Waals surface area contributed by atoms with E-state index in [2.05, 4.69) is 21.2 Å². The van der Waals surface area contributed by atoms with Crippen LogP contribution in [-0.4, -0.2) is 5.10 Å². The Bertz CT molecular complexity index is 1080. The molecule has 0 aliphatic carbocycles. The summed E-state index contributed by atoms with van der Waals surface area (Å²) >= 11 is 17.5. The van der Waals surface area contributed by atoms with Crippen LogP contribution in [0.5, 0.6) is 0 Å². The summed E-state index contributed by atoms with van der Waals surface area (Å²) in [5.74, 6) is 0. The number of hydrogen-bond donors (Lipinski definition) is 1. The van der Waals surface area contributed by atoms with Gasteiger partial charge in [0.05, 0.1) is 10.6 Å². The monoisotopic (exact) mass is 476 g/mol. The quantitative estimate of drug-likeness (QED) is 0.324. The Morgan fingerprint density at radius 3 is 2.37 bits per heavy atom. The van der Waals surface area contributed by atoms with Crippen molar-refractivity contribution in [3.8, 4) is 16.3 Å². The molecule has 1 aromatic heterocycles. The molecule has 134 valence electrons. The highest BCUT2D eigenvalue weighted by Gasteiger charge is 2.26. The predicted molar refractivity (Wildman–Crippen MR) is 117 cm³/mol. The fraction of sp³-hybridized carbons (Fsp3) is 0. The predicted octanol–water partition coefficient (Wildman–Crippen LogP) is 6.90. The maximum atomic E-state index is 6.47. The summed E-state index contributed by atoms with van der Waals surface area (Å²) in [6.07, 6.45) is 0. The summed E-state index contributed by atoms with van der Waals surface area (Å²) in [6, 6.07) is 23.4. The zero-order valence-corrected chi connectivity index (χ0v) is 17.8. The van der Waals surface area contributed by atoms with Gasteiger partial charge in [0.2, 0.25) is 5.69 Å². The summed E-state index contributed by atoms with van der Waals surface area (Å²) in [4.78, 5) is 0. The first-order valence-corrected chi connectivity index (χ1v) is 10.4. The van der Waals surface area contributed by atoms with Crippen molar-refractivity contribution in [1.82, 2.24) is 5.10 Å². The molecule has 3 aromatic carbocycles. The van der Waals surface area contributed by atoms with Crippen molar-refractivity contribution >= 4 is 61.3 Å². The van der Waals surface area contributed by atoms with Crippen LogP contribution < -0.4 is 10.00 Å². The summed E-state index contributed by atoms with van der Waals surface area (Å²) < 4.78 is 2.92. The minimum atomic E-state index is 0.589. The number of aromatic nitrogens is 2. The molecule has 0 saturated heterocycles. The molecular formula is C20H13BrCl2N3S+. The van der Waals surface area contributed by atoms with Gasteiger partial charge in [-0.15, -0.1) is 0 Å². The molecule has 0 atom stereocenters. The number of nitrogens with one attached hydrogen (secondary N) is 1. The molecule has 0 fully saturated rings. The first-order valence-electron chi connectivity index (χ1n) is 8.07. The average Bonchev–Trinajstić information content (AvgIpc) is 3.08. The van der Waals surface area contributed by atoms with Crippen LogP contribution in [0.4, 0.5) is 10.8 Å².